The minimum atomic E-state index is 0.428. The zero-order chi connectivity index (χ0) is 10.4. The predicted octanol–water partition coefficient (Wildman–Crippen LogP) is 3.33. The molecule has 0 radical (unpaired) electrons. The molecule has 0 saturated heterocycles. The third-order valence-electron chi connectivity index (χ3n) is 2.51. The Balaban J connectivity index is 2.57. The maximum atomic E-state index is 5.51. The first-order valence-electron chi connectivity index (χ1n) is 5.50. The zero-order valence-electron chi connectivity index (χ0n) is 9.12. The fraction of sp³-hybridized carbons (Fsp3) is 0.727. The highest BCUT2D eigenvalue weighted by molar-refractivity contribution is 5.26. The van der Waals surface area contributed by atoms with Gasteiger partial charge in [0.2, 0.25) is 5.88 Å². The Labute approximate surface area is 85.7 Å². The van der Waals surface area contributed by atoms with E-state index in [9.17, 15) is 0 Å². The predicted molar refractivity (Wildman–Crippen MR) is 58.1 cm³/mol. The Kier molecular flexibility index (Phi) is 4.50. The van der Waals surface area contributed by atoms with E-state index in [0.717, 1.165) is 5.69 Å². The van der Waals surface area contributed by atoms with E-state index in [1.807, 2.05) is 6.07 Å². The van der Waals surface area contributed by atoms with Crippen LogP contribution in [0.5, 0.6) is 0 Å². The van der Waals surface area contributed by atoms with Gasteiger partial charge >= 0.3 is 0 Å². The lowest BCUT2D eigenvalue weighted by Gasteiger charge is -2.11. The topological polar surface area (TPSA) is 52.0 Å². The van der Waals surface area contributed by atoms with Crippen molar-refractivity contribution in [1.29, 1.82) is 0 Å². The van der Waals surface area contributed by atoms with Crippen LogP contribution < -0.4 is 5.73 Å². The normalized spacial score (nSPS) is 13.0. The molecule has 1 rings (SSSR count). The van der Waals surface area contributed by atoms with Gasteiger partial charge in [0.15, 0.2) is 0 Å². The molecule has 0 aliphatic rings. The van der Waals surface area contributed by atoms with Crippen LogP contribution in [-0.2, 0) is 0 Å². The Morgan fingerprint density at radius 3 is 2.64 bits per heavy atom. The van der Waals surface area contributed by atoms with E-state index in [4.69, 9.17) is 10.3 Å². The van der Waals surface area contributed by atoms with E-state index in [0.29, 0.717) is 11.8 Å². The van der Waals surface area contributed by atoms with Gasteiger partial charge in [0.1, 0.15) is 0 Å². The number of hydrogen-bond acceptors (Lipinski definition) is 3. The maximum absolute atomic E-state index is 5.51. The summed E-state index contributed by atoms with van der Waals surface area (Å²) in [5.41, 5.74) is 6.54. The third-order valence-corrected chi connectivity index (χ3v) is 2.51. The molecule has 1 unspecified atom stereocenters. The molecule has 0 amide bonds. The number of aromatic nitrogens is 1. The standard InChI is InChI=1S/C11H20N2O/c1-3-5-7-9(6-4-2)10-8-11(12)14-13-10/h8-9H,3-7,12H2,1-2H3. The van der Waals surface area contributed by atoms with Crippen LogP contribution in [0.1, 0.15) is 57.6 Å². The summed E-state index contributed by atoms with van der Waals surface area (Å²) in [6, 6.07) is 1.86. The molecule has 2 N–H and O–H groups in total. The maximum Gasteiger partial charge on any atom is 0.222 e. The minimum Gasteiger partial charge on any atom is -0.368 e. The molecule has 3 heteroatoms. The Morgan fingerprint density at radius 2 is 2.14 bits per heavy atom. The fourth-order valence-corrected chi connectivity index (χ4v) is 1.74. The average Bonchev–Trinajstić information content (AvgIpc) is 2.59. The molecule has 0 fully saturated rings. The first kappa shape index (κ1) is 11.1. The third kappa shape index (κ3) is 3.05. The second kappa shape index (κ2) is 5.68. The lowest BCUT2D eigenvalue weighted by Crippen LogP contribution is -1.98. The molecule has 0 aromatic carbocycles. The number of rotatable bonds is 6. The monoisotopic (exact) mass is 196 g/mol. The molecule has 0 spiro atoms. The van der Waals surface area contributed by atoms with Gasteiger partial charge in [-0.05, 0) is 12.8 Å². The SMILES string of the molecule is CCCCC(CCC)c1cc(N)on1. The van der Waals surface area contributed by atoms with Crippen molar-refractivity contribution in [2.45, 2.75) is 51.9 Å². The Bertz CT molecular complexity index is 258. The Morgan fingerprint density at radius 1 is 1.36 bits per heavy atom. The molecule has 14 heavy (non-hydrogen) atoms. The van der Waals surface area contributed by atoms with Gasteiger partial charge in [-0.2, -0.15) is 0 Å². The summed E-state index contributed by atoms with van der Waals surface area (Å²) in [5, 5.41) is 3.99. The Hall–Kier alpha value is -0.990. The molecule has 1 atom stereocenters. The summed E-state index contributed by atoms with van der Waals surface area (Å²) in [5.74, 6) is 0.957. The van der Waals surface area contributed by atoms with Crippen molar-refractivity contribution in [3.8, 4) is 0 Å². The van der Waals surface area contributed by atoms with Gasteiger partial charge < -0.3 is 10.3 Å². The zero-order valence-corrected chi connectivity index (χ0v) is 9.12. The summed E-state index contributed by atoms with van der Waals surface area (Å²) in [7, 11) is 0. The van der Waals surface area contributed by atoms with Gasteiger partial charge in [0.25, 0.3) is 0 Å². The van der Waals surface area contributed by atoms with Crippen LogP contribution in [-0.4, -0.2) is 5.16 Å². The van der Waals surface area contributed by atoms with Gasteiger partial charge in [0, 0.05) is 12.0 Å². The molecular formula is C11H20N2O. The van der Waals surface area contributed by atoms with Gasteiger partial charge in [-0.3, -0.25) is 0 Å². The van der Waals surface area contributed by atoms with Crippen molar-refractivity contribution < 1.29 is 4.52 Å². The van der Waals surface area contributed by atoms with E-state index < -0.39 is 0 Å². The van der Waals surface area contributed by atoms with Crippen LogP contribution >= 0.6 is 0 Å². The molecule has 80 valence electrons. The summed E-state index contributed by atoms with van der Waals surface area (Å²) >= 11 is 0. The summed E-state index contributed by atoms with van der Waals surface area (Å²) in [4.78, 5) is 0. The van der Waals surface area contributed by atoms with E-state index in [1.165, 1.54) is 32.1 Å². The van der Waals surface area contributed by atoms with Crippen molar-refractivity contribution in [1.82, 2.24) is 5.16 Å². The number of nitrogens with two attached hydrogens (primary N) is 1. The summed E-state index contributed by atoms with van der Waals surface area (Å²) in [6.45, 7) is 4.41. The molecule has 0 aliphatic carbocycles. The van der Waals surface area contributed by atoms with E-state index in [2.05, 4.69) is 19.0 Å². The van der Waals surface area contributed by atoms with Crippen molar-refractivity contribution in [3.05, 3.63) is 11.8 Å². The first-order chi connectivity index (χ1) is 6.77. The quantitative estimate of drug-likeness (QED) is 0.759. The fourth-order valence-electron chi connectivity index (χ4n) is 1.74. The smallest absolute Gasteiger partial charge is 0.222 e. The minimum absolute atomic E-state index is 0.428. The second-order valence-electron chi connectivity index (χ2n) is 3.78. The van der Waals surface area contributed by atoms with E-state index >= 15 is 0 Å². The number of hydrogen-bond donors (Lipinski definition) is 1. The van der Waals surface area contributed by atoms with Crippen molar-refractivity contribution in [2.75, 3.05) is 5.73 Å². The molecule has 1 aromatic rings. The highest BCUT2D eigenvalue weighted by atomic mass is 16.5. The molecule has 0 saturated carbocycles. The van der Waals surface area contributed by atoms with Crippen LogP contribution in [0.25, 0.3) is 0 Å². The molecular weight excluding hydrogens is 176 g/mol. The molecule has 1 heterocycles. The van der Waals surface area contributed by atoms with Crippen molar-refractivity contribution in [2.24, 2.45) is 0 Å². The molecule has 0 aliphatic heterocycles. The van der Waals surface area contributed by atoms with Gasteiger partial charge in [0.05, 0.1) is 5.69 Å². The average molecular weight is 196 g/mol. The highest BCUT2D eigenvalue weighted by Crippen LogP contribution is 2.26. The number of nitrogens with zero attached hydrogens (tertiary/aromatic N) is 1. The summed E-state index contributed by atoms with van der Waals surface area (Å²) < 4.78 is 4.90. The lowest BCUT2D eigenvalue weighted by molar-refractivity contribution is 0.409. The lowest BCUT2D eigenvalue weighted by atomic mass is 9.94. The van der Waals surface area contributed by atoms with Gasteiger partial charge in [-0.15, -0.1) is 0 Å². The molecule has 1 aromatic heterocycles. The van der Waals surface area contributed by atoms with Crippen molar-refractivity contribution in [3.63, 3.8) is 0 Å². The van der Waals surface area contributed by atoms with Crippen molar-refractivity contribution >= 4 is 5.88 Å². The van der Waals surface area contributed by atoms with Crippen LogP contribution in [0.2, 0.25) is 0 Å². The summed E-state index contributed by atoms with van der Waals surface area (Å²) in [6.07, 6.45) is 6.02. The largest absolute Gasteiger partial charge is 0.368 e. The molecule has 0 bridgehead atoms. The number of anilines is 1. The van der Waals surface area contributed by atoms with Crippen LogP contribution in [0.4, 0.5) is 5.88 Å². The van der Waals surface area contributed by atoms with Gasteiger partial charge in [-0.25, -0.2) is 0 Å². The highest BCUT2D eigenvalue weighted by Gasteiger charge is 2.14. The van der Waals surface area contributed by atoms with Crippen LogP contribution in [0.3, 0.4) is 0 Å². The van der Waals surface area contributed by atoms with E-state index in [-0.39, 0.29) is 0 Å². The van der Waals surface area contributed by atoms with Crippen LogP contribution in [0, 0.1) is 0 Å². The second-order valence-corrected chi connectivity index (χ2v) is 3.78. The number of nitrogen functional groups attached to an aromatic ring is 1. The molecule has 3 nitrogen and oxygen atoms in total. The van der Waals surface area contributed by atoms with E-state index in [1.54, 1.807) is 0 Å². The first-order valence-corrected chi connectivity index (χ1v) is 5.50. The number of unbranched alkanes of at least 4 members (excludes halogenated alkanes) is 1. The van der Waals surface area contributed by atoms with Crippen LogP contribution in [0.15, 0.2) is 10.6 Å². The van der Waals surface area contributed by atoms with Gasteiger partial charge in [-0.1, -0.05) is 38.3 Å².